The van der Waals surface area contributed by atoms with Gasteiger partial charge in [-0.15, -0.1) is 0 Å². The second kappa shape index (κ2) is 9.50. The normalized spacial score (nSPS) is 12.1. The molecule has 6 heteroatoms. The molecule has 0 spiro atoms. The van der Waals surface area contributed by atoms with Crippen LogP contribution in [0.1, 0.15) is 25.3 Å². The number of unbranched alkanes of at least 4 members (excludes halogenated alkanes) is 1. The van der Waals surface area contributed by atoms with Crippen LogP contribution in [0.25, 0.3) is 10.8 Å². The van der Waals surface area contributed by atoms with Gasteiger partial charge in [0.2, 0.25) is 0 Å². The van der Waals surface area contributed by atoms with Gasteiger partial charge in [-0.05, 0) is 36.1 Å². The van der Waals surface area contributed by atoms with Gasteiger partial charge in [0.1, 0.15) is 11.5 Å². The van der Waals surface area contributed by atoms with Gasteiger partial charge in [-0.2, -0.15) is 0 Å². The molecular weight excluding hydrogens is 362 g/mol. The number of rotatable bonds is 9. The maximum Gasteiger partial charge on any atom is 0.261 e. The molecule has 0 bridgehead atoms. The molecule has 0 radical (unpaired) electrons. The first-order valence-corrected chi connectivity index (χ1v) is 10.00. The highest BCUT2D eigenvalue weighted by Gasteiger charge is 2.10. The van der Waals surface area contributed by atoms with E-state index in [1.165, 1.54) is 0 Å². The first kappa shape index (κ1) is 19.4. The molecule has 3 rings (SSSR count). The Morgan fingerprint density at radius 1 is 1.04 bits per heavy atom. The summed E-state index contributed by atoms with van der Waals surface area (Å²) < 4.78 is 25.9. The van der Waals surface area contributed by atoms with Gasteiger partial charge in [0.15, 0.2) is 0 Å². The van der Waals surface area contributed by atoms with E-state index in [0.29, 0.717) is 23.6 Å². The summed E-state index contributed by atoms with van der Waals surface area (Å²) in [4.78, 5) is 0. The van der Waals surface area contributed by atoms with Crippen LogP contribution in [0, 0.1) is 0 Å². The third kappa shape index (κ3) is 5.07. The van der Waals surface area contributed by atoms with Gasteiger partial charge in [-0.1, -0.05) is 49.7 Å². The Balaban J connectivity index is 1.77. The topological polar surface area (TPSA) is 67.8 Å². The standard InChI is InChI=1S/C21H23NO4S/c1-2-3-13-25-27(24)22-18-11-12-20(17(14-18)15-23)26-21-10-6-8-16-7-4-5-9-19(16)21/h4-12,14,22-23H,2-3,13,15H2,1H3. The molecule has 0 heterocycles. The van der Waals surface area contributed by atoms with E-state index in [4.69, 9.17) is 8.92 Å². The van der Waals surface area contributed by atoms with Gasteiger partial charge < -0.3 is 9.84 Å². The lowest BCUT2D eigenvalue weighted by molar-refractivity contribution is 0.276. The molecule has 5 nitrogen and oxygen atoms in total. The van der Waals surface area contributed by atoms with Crippen molar-refractivity contribution in [3.63, 3.8) is 0 Å². The van der Waals surface area contributed by atoms with Crippen LogP contribution in [-0.4, -0.2) is 15.9 Å². The van der Waals surface area contributed by atoms with E-state index >= 15 is 0 Å². The fourth-order valence-electron chi connectivity index (χ4n) is 2.67. The highest BCUT2D eigenvalue weighted by atomic mass is 32.2. The predicted octanol–water partition coefficient (Wildman–Crippen LogP) is 4.93. The molecule has 142 valence electrons. The van der Waals surface area contributed by atoms with Crippen LogP contribution in [0.5, 0.6) is 11.5 Å². The summed E-state index contributed by atoms with van der Waals surface area (Å²) in [6.45, 7) is 2.28. The molecule has 27 heavy (non-hydrogen) atoms. The number of ether oxygens (including phenoxy) is 1. The van der Waals surface area contributed by atoms with Gasteiger partial charge in [0, 0.05) is 16.6 Å². The van der Waals surface area contributed by atoms with Gasteiger partial charge in [0.05, 0.1) is 13.2 Å². The van der Waals surface area contributed by atoms with E-state index in [0.717, 1.165) is 29.4 Å². The van der Waals surface area contributed by atoms with Crippen molar-refractivity contribution in [1.82, 2.24) is 0 Å². The summed E-state index contributed by atoms with van der Waals surface area (Å²) in [6, 6.07) is 19.0. The fourth-order valence-corrected chi connectivity index (χ4v) is 3.32. The number of aliphatic hydroxyl groups is 1. The van der Waals surface area contributed by atoms with E-state index in [1.807, 2.05) is 49.4 Å². The first-order chi connectivity index (χ1) is 13.2. The van der Waals surface area contributed by atoms with E-state index < -0.39 is 11.3 Å². The zero-order chi connectivity index (χ0) is 19.1. The van der Waals surface area contributed by atoms with Gasteiger partial charge in [0.25, 0.3) is 11.3 Å². The second-order valence-electron chi connectivity index (χ2n) is 6.07. The Morgan fingerprint density at radius 3 is 2.67 bits per heavy atom. The molecule has 0 fully saturated rings. The number of anilines is 1. The molecule has 0 aliphatic carbocycles. The molecule has 3 aromatic carbocycles. The molecule has 2 N–H and O–H groups in total. The van der Waals surface area contributed by atoms with Gasteiger partial charge in [-0.25, -0.2) is 4.21 Å². The van der Waals surface area contributed by atoms with E-state index in [-0.39, 0.29) is 6.61 Å². The molecule has 3 aromatic rings. The SMILES string of the molecule is CCCCOS(=O)Nc1ccc(Oc2cccc3ccccc23)c(CO)c1. The second-order valence-corrected chi connectivity index (χ2v) is 6.98. The number of hydrogen-bond donors (Lipinski definition) is 2. The number of hydrogen-bond acceptors (Lipinski definition) is 4. The summed E-state index contributed by atoms with van der Waals surface area (Å²) >= 11 is -1.62. The summed E-state index contributed by atoms with van der Waals surface area (Å²) in [7, 11) is 0. The number of nitrogens with one attached hydrogen (secondary N) is 1. The largest absolute Gasteiger partial charge is 0.456 e. The summed E-state index contributed by atoms with van der Waals surface area (Å²) in [6.07, 6.45) is 1.83. The van der Waals surface area contributed by atoms with Gasteiger partial charge in [-0.3, -0.25) is 8.91 Å². The molecule has 1 atom stereocenters. The Labute approximate surface area is 161 Å². The number of benzene rings is 3. The van der Waals surface area contributed by atoms with E-state index in [2.05, 4.69) is 4.72 Å². The molecule has 0 aromatic heterocycles. The Kier molecular flexibility index (Phi) is 6.81. The van der Waals surface area contributed by atoms with Crippen molar-refractivity contribution in [2.45, 2.75) is 26.4 Å². The average molecular weight is 385 g/mol. The predicted molar refractivity (Wildman–Crippen MR) is 109 cm³/mol. The summed E-state index contributed by atoms with van der Waals surface area (Å²) in [5.74, 6) is 1.27. The molecule has 0 aliphatic rings. The minimum absolute atomic E-state index is 0.195. The van der Waals surface area contributed by atoms with Crippen LogP contribution in [0.15, 0.2) is 60.7 Å². The van der Waals surface area contributed by atoms with Crippen molar-refractivity contribution < 1.29 is 18.2 Å². The zero-order valence-corrected chi connectivity index (χ0v) is 16.0. The lowest BCUT2D eigenvalue weighted by Gasteiger charge is -2.14. The van der Waals surface area contributed by atoms with Crippen LogP contribution in [0.2, 0.25) is 0 Å². The van der Waals surface area contributed by atoms with Gasteiger partial charge >= 0.3 is 0 Å². The third-order valence-electron chi connectivity index (χ3n) is 4.09. The van der Waals surface area contributed by atoms with Crippen molar-refractivity contribution in [3.8, 4) is 11.5 Å². The van der Waals surface area contributed by atoms with Crippen molar-refractivity contribution in [3.05, 3.63) is 66.2 Å². The third-order valence-corrected chi connectivity index (χ3v) is 4.87. The van der Waals surface area contributed by atoms with Crippen molar-refractivity contribution in [2.24, 2.45) is 0 Å². The van der Waals surface area contributed by atoms with Crippen molar-refractivity contribution in [1.29, 1.82) is 0 Å². The zero-order valence-electron chi connectivity index (χ0n) is 15.2. The maximum atomic E-state index is 11.9. The smallest absolute Gasteiger partial charge is 0.261 e. The highest BCUT2D eigenvalue weighted by Crippen LogP contribution is 2.33. The summed E-state index contributed by atoms with van der Waals surface area (Å²) in [5, 5.41) is 11.8. The first-order valence-electron chi connectivity index (χ1n) is 8.92. The number of aliphatic hydroxyl groups excluding tert-OH is 1. The maximum absolute atomic E-state index is 11.9. The van der Waals surface area contributed by atoms with E-state index in [1.54, 1.807) is 18.2 Å². The van der Waals surface area contributed by atoms with E-state index in [9.17, 15) is 9.32 Å². The summed E-state index contributed by atoms with van der Waals surface area (Å²) in [5.41, 5.74) is 1.19. The minimum atomic E-state index is -1.62. The average Bonchev–Trinajstić information content (AvgIpc) is 2.69. The Hall–Kier alpha value is -2.41. The minimum Gasteiger partial charge on any atom is -0.456 e. The van der Waals surface area contributed by atoms with Crippen molar-refractivity contribution in [2.75, 3.05) is 11.3 Å². The Bertz CT molecular complexity index is 924. The molecule has 1 unspecified atom stereocenters. The van der Waals surface area contributed by atoms with Crippen LogP contribution in [0.3, 0.4) is 0 Å². The lowest BCUT2D eigenvalue weighted by atomic mass is 10.1. The monoisotopic (exact) mass is 385 g/mol. The fraction of sp³-hybridized carbons (Fsp3) is 0.238. The molecule has 0 amide bonds. The lowest BCUT2D eigenvalue weighted by Crippen LogP contribution is -2.09. The van der Waals surface area contributed by atoms with Crippen LogP contribution < -0.4 is 9.46 Å². The molecule has 0 saturated heterocycles. The molecule has 0 saturated carbocycles. The van der Waals surface area contributed by atoms with Crippen molar-refractivity contribution >= 4 is 27.7 Å². The highest BCUT2D eigenvalue weighted by molar-refractivity contribution is 7.81. The quantitative estimate of drug-likeness (QED) is 0.513. The molecule has 0 aliphatic heterocycles. The van der Waals surface area contributed by atoms with Crippen LogP contribution in [-0.2, 0) is 22.1 Å². The van der Waals surface area contributed by atoms with Crippen LogP contribution in [0.4, 0.5) is 5.69 Å². The Morgan fingerprint density at radius 2 is 1.85 bits per heavy atom. The molecular formula is C21H23NO4S. The van der Waals surface area contributed by atoms with Crippen LogP contribution >= 0.6 is 0 Å². The number of fused-ring (bicyclic) bond motifs is 1.